The SMILES string of the molecule is NNC1N=NC(=S)N1N. The molecule has 9 heavy (non-hydrogen) atoms. The zero-order valence-corrected chi connectivity index (χ0v) is 5.30. The summed E-state index contributed by atoms with van der Waals surface area (Å²) in [5.74, 6) is 10.3. The van der Waals surface area contributed by atoms with Crippen molar-refractivity contribution in [2.24, 2.45) is 21.9 Å². The first kappa shape index (κ1) is 6.49. The second-order valence-electron chi connectivity index (χ2n) is 1.45. The maximum atomic E-state index is 5.30. The Labute approximate surface area is 56.8 Å². The molecule has 6 nitrogen and oxygen atoms in total. The van der Waals surface area contributed by atoms with E-state index in [0.717, 1.165) is 5.01 Å². The third-order valence-electron chi connectivity index (χ3n) is 0.886. The van der Waals surface area contributed by atoms with E-state index in [1.54, 1.807) is 0 Å². The minimum atomic E-state index is -0.502. The molecule has 0 saturated carbocycles. The van der Waals surface area contributed by atoms with E-state index < -0.39 is 6.29 Å². The number of nitrogens with two attached hydrogens (primary N) is 2. The quantitative estimate of drug-likeness (QED) is 0.242. The molecule has 1 aliphatic rings. The van der Waals surface area contributed by atoms with Gasteiger partial charge in [0.15, 0.2) is 0 Å². The Kier molecular flexibility index (Phi) is 1.67. The van der Waals surface area contributed by atoms with E-state index in [1.807, 2.05) is 0 Å². The van der Waals surface area contributed by atoms with Crippen LogP contribution in [0.1, 0.15) is 0 Å². The summed E-state index contributed by atoms with van der Waals surface area (Å²) in [6, 6.07) is 0. The monoisotopic (exact) mass is 146 g/mol. The molecular formula is C2H6N6S. The van der Waals surface area contributed by atoms with Gasteiger partial charge in [0, 0.05) is 0 Å². The van der Waals surface area contributed by atoms with Crippen molar-refractivity contribution < 1.29 is 0 Å². The molecule has 0 spiro atoms. The summed E-state index contributed by atoms with van der Waals surface area (Å²) in [7, 11) is 0. The van der Waals surface area contributed by atoms with E-state index in [0.29, 0.717) is 0 Å². The number of rotatable bonds is 1. The van der Waals surface area contributed by atoms with Crippen molar-refractivity contribution >= 4 is 17.3 Å². The molecule has 1 atom stereocenters. The van der Waals surface area contributed by atoms with Gasteiger partial charge in [-0.1, -0.05) is 0 Å². The summed E-state index contributed by atoms with van der Waals surface area (Å²) in [5, 5.41) is 8.45. The second-order valence-corrected chi connectivity index (χ2v) is 1.81. The van der Waals surface area contributed by atoms with E-state index >= 15 is 0 Å². The van der Waals surface area contributed by atoms with Crippen molar-refractivity contribution in [2.45, 2.75) is 6.29 Å². The number of azo groups is 1. The van der Waals surface area contributed by atoms with Gasteiger partial charge in [-0.05, 0) is 12.2 Å². The van der Waals surface area contributed by atoms with Crippen LogP contribution in [-0.4, -0.2) is 16.4 Å². The fourth-order valence-corrected chi connectivity index (χ4v) is 0.577. The van der Waals surface area contributed by atoms with Gasteiger partial charge < -0.3 is 0 Å². The summed E-state index contributed by atoms with van der Waals surface area (Å²) >= 11 is 4.63. The molecule has 5 N–H and O–H groups in total. The maximum Gasteiger partial charge on any atom is 0.233 e. The van der Waals surface area contributed by atoms with Crippen LogP contribution in [0.4, 0.5) is 0 Å². The van der Waals surface area contributed by atoms with E-state index in [2.05, 4.69) is 27.9 Å². The van der Waals surface area contributed by atoms with Gasteiger partial charge in [0.25, 0.3) is 0 Å². The molecule has 0 aromatic heterocycles. The highest BCUT2D eigenvalue weighted by molar-refractivity contribution is 7.80. The number of thiocarbonyl (C=S) groups is 1. The molecule has 0 bridgehead atoms. The molecule has 7 heteroatoms. The molecular weight excluding hydrogens is 140 g/mol. The number of hydrogen-bond acceptors (Lipinski definition) is 5. The van der Waals surface area contributed by atoms with Crippen LogP contribution < -0.4 is 17.1 Å². The Morgan fingerprint density at radius 2 is 2.44 bits per heavy atom. The third kappa shape index (κ3) is 1.03. The van der Waals surface area contributed by atoms with Crippen LogP contribution in [0.2, 0.25) is 0 Å². The van der Waals surface area contributed by atoms with Crippen molar-refractivity contribution in [2.75, 3.05) is 0 Å². The second kappa shape index (κ2) is 2.31. The average Bonchev–Trinajstić information content (AvgIpc) is 2.15. The number of nitrogens with zero attached hydrogens (tertiary/aromatic N) is 3. The molecule has 0 fully saturated rings. The molecule has 0 aromatic rings. The Balaban J connectivity index is 2.62. The van der Waals surface area contributed by atoms with Crippen LogP contribution in [0, 0.1) is 0 Å². The normalized spacial score (nSPS) is 25.8. The van der Waals surface area contributed by atoms with Gasteiger partial charge in [-0.2, -0.15) is 0 Å². The first-order valence-electron chi connectivity index (χ1n) is 2.20. The van der Waals surface area contributed by atoms with E-state index in [9.17, 15) is 0 Å². The van der Waals surface area contributed by atoms with Gasteiger partial charge in [0.05, 0.1) is 0 Å². The lowest BCUT2D eigenvalue weighted by Crippen LogP contribution is -2.49. The highest BCUT2D eigenvalue weighted by Crippen LogP contribution is 2.03. The topological polar surface area (TPSA) is 92.0 Å². The lowest BCUT2D eigenvalue weighted by atomic mass is 10.8. The fourth-order valence-electron chi connectivity index (χ4n) is 0.430. The van der Waals surface area contributed by atoms with Crippen molar-refractivity contribution in [3.05, 3.63) is 0 Å². The predicted molar refractivity (Wildman–Crippen MR) is 34.6 cm³/mol. The van der Waals surface area contributed by atoms with E-state index in [4.69, 9.17) is 11.7 Å². The highest BCUT2D eigenvalue weighted by Gasteiger charge is 2.20. The predicted octanol–water partition coefficient (Wildman–Crippen LogP) is -1.34. The number of nitrogens with one attached hydrogen (secondary N) is 1. The van der Waals surface area contributed by atoms with Crippen LogP contribution in [0.3, 0.4) is 0 Å². The van der Waals surface area contributed by atoms with Crippen molar-refractivity contribution in [1.29, 1.82) is 0 Å². The lowest BCUT2D eigenvalue weighted by Gasteiger charge is -2.14. The summed E-state index contributed by atoms with van der Waals surface area (Å²) in [4.78, 5) is 0. The molecule has 0 aromatic carbocycles. The van der Waals surface area contributed by atoms with E-state index in [-0.39, 0.29) is 5.11 Å². The number of hydrazine groups is 2. The standard InChI is InChI=1S/C2H6N6S/c3-5-1-6-7-2(9)8(1)4/h1,5H,3-4H2. The molecule has 0 aliphatic carbocycles. The molecule has 1 unspecified atom stereocenters. The molecule has 1 rings (SSSR count). The molecule has 0 amide bonds. The van der Waals surface area contributed by atoms with Crippen LogP contribution in [-0.2, 0) is 0 Å². The minimum Gasteiger partial charge on any atom is -0.268 e. The molecule has 0 radical (unpaired) electrons. The average molecular weight is 146 g/mol. The highest BCUT2D eigenvalue weighted by atomic mass is 32.1. The fraction of sp³-hybridized carbons (Fsp3) is 0.500. The van der Waals surface area contributed by atoms with Gasteiger partial charge in [-0.25, -0.2) is 16.3 Å². The molecule has 50 valence electrons. The Morgan fingerprint density at radius 1 is 1.78 bits per heavy atom. The largest absolute Gasteiger partial charge is 0.268 e. The van der Waals surface area contributed by atoms with Gasteiger partial charge in [-0.3, -0.25) is 5.84 Å². The first-order chi connectivity index (χ1) is 4.25. The van der Waals surface area contributed by atoms with Crippen molar-refractivity contribution in [1.82, 2.24) is 10.4 Å². The zero-order valence-electron chi connectivity index (χ0n) is 4.48. The van der Waals surface area contributed by atoms with Crippen LogP contribution in [0.25, 0.3) is 0 Å². The molecule has 1 aliphatic heterocycles. The van der Waals surface area contributed by atoms with Crippen LogP contribution in [0.15, 0.2) is 10.2 Å². The minimum absolute atomic E-state index is 0.234. The maximum absolute atomic E-state index is 5.30. The Bertz CT molecular complexity index is 153. The summed E-state index contributed by atoms with van der Waals surface area (Å²) in [5.41, 5.74) is 2.30. The molecule has 1 heterocycles. The lowest BCUT2D eigenvalue weighted by molar-refractivity contribution is 0.300. The van der Waals surface area contributed by atoms with Gasteiger partial charge >= 0.3 is 0 Å². The third-order valence-corrected chi connectivity index (χ3v) is 1.18. The molecule has 0 saturated heterocycles. The van der Waals surface area contributed by atoms with Crippen molar-refractivity contribution in [3.8, 4) is 0 Å². The first-order valence-corrected chi connectivity index (χ1v) is 2.61. The summed E-state index contributed by atoms with van der Waals surface area (Å²) in [6.45, 7) is 0. The summed E-state index contributed by atoms with van der Waals surface area (Å²) < 4.78 is 0. The van der Waals surface area contributed by atoms with Crippen LogP contribution >= 0.6 is 12.2 Å². The summed E-state index contributed by atoms with van der Waals surface area (Å²) in [6.07, 6.45) is -0.502. The van der Waals surface area contributed by atoms with Gasteiger partial charge in [-0.15, -0.1) is 10.2 Å². The Hall–Kier alpha value is -0.630. The Morgan fingerprint density at radius 3 is 2.67 bits per heavy atom. The van der Waals surface area contributed by atoms with Gasteiger partial charge in [0.2, 0.25) is 11.4 Å². The van der Waals surface area contributed by atoms with Gasteiger partial charge in [0.1, 0.15) is 0 Å². The number of hydrogen-bond donors (Lipinski definition) is 3. The van der Waals surface area contributed by atoms with Crippen LogP contribution in [0.5, 0.6) is 0 Å². The zero-order chi connectivity index (χ0) is 6.85. The smallest absolute Gasteiger partial charge is 0.233 e. The van der Waals surface area contributed by atoms with E-state index in [1.165, 1.54) is 0 Å². The van der Waals surface area contributed by atoms with Crippen molar-refractivity contribution in [3.63, 3.8) is 0 Å².